The molecule has 1 aliphatic rings. The normalized spacial score (nSPS) is 13.6. The van der Waals surface area contributed by atoms with E-state index >= 15 is 0 Å². The lowest BCUT2D eigenvalue weighted by Crippen LogP contribution is -2.23. The Morgan fingerprint density at radius 2 is 1.81 bits per heavy atom. The Balaban J connectivity index is 1.35. The maximum absolute atomic E-state index is 14.7. The summed E-state index contributed by atoms with van der Waals surface area (Å²) in [6.07, 6.45) is 3.19. The zero-order chi connectivity index (χ0) is 25.4. The van der Waals surface area contributed by atoms with E-state index < -0.39 is 35.4 Å². The molecule has 36 heavy (non-hydrogen) atoms. The fraction of sp³-hybridized carbons (Fsp3) is 0.0800. The van der Waals surface area contributed by atoms with Gasteiger partial charge < -0.3 is 20.4 Å². The van der Waals surface area contributed by atoms with Crippen LogP contribution in [0.2, 0.25) is 0 Å². The minimum atomic E-state index is -3.19. The molecule has 2 aromatic heterocycles. The van der Waals surface area contributed by atoms with E-state index in [2.05, 4.69) is 15.3 Å². The number of amides is 1. The molecule has 1 aliphatic heterocycles. The van der Waals surface area contributed by atoms with Gasteiger partial charge in [-0.05, 0) is 35.9 Å². The Labute approximate surface area is 200 Å². The van der Waals surface area contributed by atoms with Crippen LogP contribution in [0.4, 0.5) is 29.1 Å². The molecule has 0 atom stereocenters. The van der Waals surface area contributed by atoms with Crippen molar-refractivity contribution in [2.75, 3.05) is 10.6 Å². The smallest absolute Gasteiger partial charge is 0.328 e. The second-order valence-electron chi connectivity index (χ2n) is 7.96. The molecule has 2 aromatic carbocycles. The number of carbonyl (C=O) groups is 1. The second-order valence-corrected chi connectivity index (χ2v) is 7.96. The molecule has 0 aliphatic carbocycles. The van der Waals surface area contributed by atoms with Gasteiger partial charge in [0.05, 0.1) is 6.42 Å². The molecular weight excluding hydrogens is 480 g/mol. The standard InChI is InChI=1S/C25H16F4N4O3/c26-14-3-1-13(2-4-14)17-11-30-12-18(22(17)34)24(35)32-15-5-6-21(19(27)9-15)36-20-7-8-31-23-16(20)10-25(28,29)33-23/h1-9,11-12H,10H2,(H,30,34)(H,31,33)(H,32,35). The van der Waals surface area contributed by atoms with Gasteiger partial charge in [0.1, 0.15) is 22.9 Å². The molecule has 7 nitrogen and oxygen atoms in total. The zero-order valence-electron chi connectivity index (χ0n) is 18.2. The first-order valence-corrected chi connectivity index (χ1v) is 10.6. The Morgan fingerprint density at radius 3 is 2.56 bits per heavy atom. The first kappa shape index (κ1) is 23.1. The monoisotopic (exact) mass is 496 g/mol. The maximum Gasteiger partial charge on any atom is 0.328 e. The molecule has 4 aromatic rings. The van der Waals surface area contributed by atoms with Crippen LogP contribution in [0, 0.1) is 11.6 Å². The number of alkyl halides is 2. The number of H-pyrrole nitrogens is 1. The third-order valence-corrected chi connectivity index (χ3v) is 5.47. The molecular formula is C25H16F4N4O3. The van der Waals surface area contributed by atoms with E-state index in [1.54, 1.807) is 0 Å². The van der Waals surface area contributed by atoms with E-state index in [9.17, 15) is 27.2 Å². The van der Waals surface area contributed by atoms with E-state index in [4.69, 9.17) is 4.74 Å². The van der Waals surface area contributed by atoms with Gasteiger partial charge in [-0.1, -0.05) is 12.1 Å². The third-order valence-electron chi connectivity index (χ3n) is 5.47. The highest BCUT2D eigenvalue weighted by molar-refractivity contribution is 6.04. The van der Waals surface area contributed by atoms with Gasteiger partial charge in [0.25, 0.3) is 5.91 Å². The van der Waals surface area contributed by atoms with E-state index in [1.165, 1.54) is 61.1 Å². The molecule has 0 saturated heterocycles. The van der Waals surface area contributed by atoms with Crippen molar-refractivity contribution in [3.63, 3.8) is 0 Å². The highest BCUT2D eigenvalue weighted by Gasteiger charge is 2.39. The van der Waals surface area contributed by atoms with Crippen molar-refractivity contribution in [2.45, 2.75) is 12.5 Å². The predicted octanol–water partition coefficient (Wildman–Crippen LogP) is 5.32. The van der Waals surface area contributed by atoms with Crippen LogP contribution in [0.15, 0.2) is 71.9 Å². The summed E-state index contributed by atoms with van der Waals surface area (Å²) in [5, 5.41) is 4.41. The fourth-order valence-corrected chi connectivity index (χ4v) is 3.76. The number of anilines is 2. The topological polar surface area (TPSA) is 96.1 Å². The number of nitrogens with zero attached hydrogens (tertiary/aromatic N) is 1. The molecule has 0 radical (unpaired) electrons. The molecule has 0 unspecified atom stereocenters. The highest BCUT2D eigenvalue weighted by atomic mass is 19.3. The van der Waals surface area contributed by atoms with Gasteiger partial charge in [-0.15, -0.1) is 0 Å². The van der Waals surface area contributed by atoms with Crippen LogP contribution in [-0.2, 0) is 6.42 Å². The number of nitrogens with one attached hydrogen (secondary N) is 3. The minimum Gasteiger partial charge on any atom is -0.454 e. The summed E-state index contributed by atoms with van der Waals surface area (Å²) in [4.78, 5) is 32.1. The van der Waals surface area contributed by atoms with Crippen molar-refractivity contribution in [2.24, 2.45) is 0 Å². The summed E-state index contributed by atoms with van der Waals surface area (Å²) in [5.74, 6) is -2.42. The number of rotatable bonds is 5. The van der Waals surface area contributed by atoms with Crippen LogP contribution < -0.4 is 20.8 Å². The van der Waals surface area contributed by atoms with E-state index in [1.807, 2.05) is 5.32 Å². The number of hydrogen-bond acceptors (Lipinski definition) is 5. The van der Waals surface area contributed by atoms with Crippen LogP contribution in [0.1, 0.15) is 15.9 Å². The summed E-state index contributed by atoms with van der Waals surface area (Å²) < 4.78 is 60.7. The summed E-state index contributed by atoms with van der Waals surface area (Å²) >= 11 is 0. The Bertz CT molecular complexity index is 1540. The third kappa shape index (κ3) is 4.50. The molecule has 0 spiro atoms. The number of benzene rings is 2. The van der Waals surface area contributed by atoms with Gasteiger partial charge in [-0.2, -0.15) is 8.78 Å². The van der Waals surface area contributed by atoms with Gasteiger partial charge in [0.15, 0.2) is 11.6 Å². The zero-order valence-corrected chi connectivity index (χ0v) is 18.2. The number of carbonyl (C=O) groups excluding carboxylic acids is 1. The number of ether oxygens (including phenoxy) is 1. The van der Waals surface area contributed by atoms with Crippen molar-refractivity contribution in [1.29, 1.82) is 0 Å². The first-order chi connectivity index (χ1) is 17.2. The number of aromatic amines is 1. The van der Waals surface area contributed by atoms with Crippen molar-refractivity contribution in [3.8, 4) is 22.6 Å². The Hall–Kier alpha value is -4.67. The summed E-state index contributed by atoms with van der Waals surface area (Å²) in [5.41, 5.74) is -0.129. The SMILES string of the molecule is O=C(Nc1ccc(Oc2ccnc3c2CC(F)(F)N3)c(F)c1)c1c[nH]cc(-c2ccc(F)cc2)c1=O. The van der Waals surface area contributed by atoms with Crippen molar-refractivity contribution >= 4 is 17.4 Å². The number of pyridine rings is 2. The van der Waals surface area contributed by atoms with Crippen LogP contribution in [0.5, 0.6) is 11.5 Å². The van der Waals surface area contributed by atoms with Crippen LogP contribution >= 0.6 is 0 Å². The number of aromatic nitrogens is 2. The number of halogens is 4. The van der Waals surface area contributed by atoms with Gasteiger partial charge in [0, 0.05) is 41.5 Å². The van der Waals surface area contributed by atoms with E-state index in [0.29, 0.717) is 5.56 Å². The summed E-state index contributed by atoms with van der Waals surface area (Å²) in [6, 6.07) is 6.88. The minimum absolute atomic E-state index is 0.0181. The van der Waals surface area contributed by atoms with Gasteiger partial charge >= 0.3 is 6.05 Å². The second kappa shape index (κ2) is 8.84. The lowest BCUT2D eigenvalue weighted by atomic mass is 10.0. The lowest BCUT2D eigenvalue weighted by molar-refractivity contribution is 0.0405. The number of fused-ring (bicyclic) bond motifs is 1. The van der Waals surface area contributed by atoms with Gasteiger partial charge in [-0.3, -0.25) is 9.59 Å². The quantitative estimate of drug-likeness (QED) is 0.257. The van der Waals surface area contributed by atoms with Crippen LogP contribution in [0.3, 0.4) is 0 Å². The average molecular weight is 496 g/mol. The van der Waals surface area contributed by atoms with E-state index in [0.717, 1.165) is 6.07 Å². The highest BCUT2D eigenvalue weighted by Crippen LogP contribution is 2.40. The lowest BCUT2D eigenvalue weighted by Gasteiger charge is -2.11. The summed E-state index contributed by atoms with van der Waals surface area (Å²) in [6.45, 7) is 0. The predicted molar refractivity (Wildman–Crippen MR) is 123 cm³/mol. The average Bonchev–Trinajstić information content (AvgIpc) is 3.16. The molecule has 3 heterocycles. The van der Waals surface area contributed by atoms with Crippen LogP contribution in [-0.4, -0.2) is 21.9 Å². The number of hydrogen-bond donors (Lipinski definition) is 3. The van der Waals surface area contributed by atoms with Crippen LogP contribution in [0.25, 0.3) is 11.1 Å². The van der Waals surface area contributed by atoms with Gasteiger partial charge in [0.2, 0.25) is 5.43 Å². The van der Waals surface area contributed by atoms with Crippen molar-refractivity contribution in [3.05, 3.63) is 100 Å². The maximum atomic E-state index is 14.7. The molecule has 11 heteroatoms. The molecule has 5 rings (SSSR count). The fourth-order valence-electron chi connectivity index (χ4n) is 3.76. The largest absolute Gasteiger partial charge is 0.454 e. The Kier molecular flexibility index (Phi) is 5.67. The molecule has 0 fully saturated rings. The molecule has 182 valence electrons. The summed E-state index contributed by atoms with van der Waals surface area (Å²) in [7, 11) is 0. The first-order valence-electron chi connectivity index (χ1n) is 10.6. The molecule has 1 amide bonds. The van der Waals surface area contributed by atoms with Crippen molar-refractivity contribution < 1.29 is 27.1 Å². The molecule has 0 saturated carbocycles. The van der Waals surface area contributed by atoms with Gasteiger partial charge in [-0.25, -0.2) is 13.8 Å². The molecule has 3 N–H and O–H groups in total. The molecule has 0 bridgehead atoms. The van der Waals surface area contributed by atoms with Crippen molar-refractivity contribution in [1.82, 2.24) is 9.97 Å². The van der Waals surface area contributed by atoms with E-state index in [-0.39, 0.29) is 39.7 Å². The Morgan fingerprint density at radius 1 is 1.03 bits per heavy atom.